The molecule has 0 aromatic carbocycles. The van der Waals surface area contributed by atoms with Crippen LogP contribution in [0.1, 0.15) is 40.0 Å². The van der Waals surface area contributed by atoms with Crippen LogP contribution in [0.4, 0.5) is 13.2 Å². The Bertz CT molecular complexity index is 254. The first-order valence-electron chi connectivity index (χ1n) is 7.28. The topological polar surface area (TPSA) is 15.3 Å². The Morgan fingerprint density at radius 2 is 1.89 bits per heavy atom. The van der Waals surface area contributed by atoms with Gasteiger partial charge >= 0.3 is 6.18 Å². The average molecular weight is 280 g/mol. The van der Waals surface area contributed by atoms with Gasteiger partial charge in [0.15, 0.2) is 0 Å². The lowest BCUT2D eigenvalue weighted by Gasteiger charge is -2.20. The van der Waals surface area contributed by atoms with Crippen LogP contribution in [0.3, 0.4) is 0 Å². The second-order valence-corrected chi connectivity index (χ2v) is 6.29. The van der Waals surface area contributed by atoms with Crippen LogP contribution in [0.15, 0.2) is 0 Å². The Kier molecular flexibility index (Phi) is 6.60. The molecule has 1 rings (SSSR count). The van der Waals surface area contributed by atoms with Gasteiger partial charge in [-0.05, 0) is 51.1 Å². The van der Waals surface area contributed by atoms with Gasteiger partial charge in [-0.2, -0.15) is 13.2 Å². The van der Waals surface area contributed by atoms with Gasteiger partial charge in [-0.25, -0.2) is 0 Å². The lowest BCUT2D eigenvalue weighted by atomic mass is 10.0. The first-order chi connectivity index (χ1) is 8.76. The summed E-state index contributed by atoms with van der Waals surface area (Å²) in [5.74, 6) is 1.07. The van der Waals surface area contributed by atoms with Crippen molar-refractivity contribution in [2.45, 2.75) is 52.3 Å². The molecule has 0 aromatic heterocycles. The summed E-state index contributed by atoms with van der Waals surface area (Å²) in [6.45, 7) is 7.80. The van der Waals surface area contributed by atoms with E-state index in [1.807, 2.05) is 0 Å². The quantitative estimate of drug-likeness (QED) is 0.770. The van der Waals surface area contributed by atoms with E-state index in [0.717, 1.165) is 19.4 Å². The van der Waals surface area contributed by atoms with E-state index in [1.165, 1.54) is 11.3 Å². The van der Waals surface area contributed by atoms with Gasteiger partial charge in [0, 0.05) is 12.6 Å². The van der Waals surface area contributed by atoms with Gasteiger partial charge in [0.1, 0.15) is 0 Å². The summed E-state index contributed by atoms with van der Waals surface area (Å²) < 4.78 is 36.8. The molecular weight excluding hydrogens is 253 g/mol. The van der Waals surface area contributed by atoms with E-state index in [9.17, 15) is 13.2 Å². The standard InChI is InChI=1S/C14H27F3N2/c1-11(2)4-5-12(3)18-8-13-6-7-19(9-13)10-14(15,16)17/h11-13,18H,4-10H2,1-3H3. The summed E-state index contributed by atoms with van der Waals surface area (Å²) in [6.07, 6.45) is -0.859. The minimum atomic E-state index is -4.06. The van der Waals surface area contributed by atoms with E-state index in [4.69, 9.17) is 0 Å². The summed E-state index contributed by atoms with van der Waals surface area (Å²) in [7, 11) is 0. The van der Waals surface area contributed by atoms with Crippen LogP contribution in [0.5, 0.6) is 0 Å². The molecule has 2 unspecified atom stereocenters. The van der Waals surface area contributed by atoms with E-state index >= 15 is 0 Å². The van der Waals surface area contributed by atoms with Gasteiger partial charge in [-0.1, -0.05) is 13.8 Å². The van der Waals surface area contributed by atoms with E-state index in [2.05, 4.69) is 26.1 Å². The van der Waals surface area contributed by atoms with Gasteiger partial charge in [-0.15, -0.1) is 0 Å². The molecule has 114 valence electrons. The van der Waals surface area contributed by atoms with Crippen molar-refractivity contribution in [3.05, 3.63) is 0 Å². The monoisotopic (exact) mass is 280 g/mol. The molecule has 0 bridgehead atoms. The highest BCUT2D eigenvalue weighted by Gasteiger charge is 2.34. The maximum absolute atomic E-state index is 12.3. The number of rotatable bonds is 7. The summed E-state index contributed by atoms with van der Waals surface area (Å²) in [5, 5.41) is 3.46. The fourth-order valence-corrected chi connectivity index (χ4v) is 2.53. The molecule has 19 heavy (non-hydrogen) atoms. The first-order valence-corrected chi connectivity index (χ1v) is 7.28. The zero-order chi connectivity index (χ0) is 14.5. The molecule has 1 N–H and O–H groups in total. The first kappa shape index (κ1) is 16.8. The van der Waals surface area contributed by atoms with Crippen LogP contribution in [-0.2, 0) is 0 Å². The van der Waals surface area contributed by atoms with Crippen LogP contribution in [0.25, 0.3) is 0 Å². The molecule has 5 heteroatoms. The Balaban J connectivity index is 2.15. The Hall–Kier alpha value is -0.290. The summed E-state index contributed by atoms with van der Waals surface area (Å²) in [5.41, 5.74) is 0. The predicted octanol–water partition coefficient (Wildman–Crippen LogP) is 3.28. The van der Waals surface area contributed by atoms with Gasteiger partial charge in [0.25, 0.3) is 0 Å². The molecule has 0 aliphatic carbocycles. The van der Waals surface area contributed by atoms with Crippen molar-refractivity contribution in [2.75, 3.05) is 26.2 Å². The maximum Gasteiger partial charge on any atom is 0.401 e. The van der Waals surface area contributed by atoms with Gasteiger partial charge in [0.05, 0.1) is 6.54 Å². The number of halogens is 3. The zero-order valence-corrected chi connectivity index (χ0v) is 12.3. The van der Waals surface area contributed by atoms with E-state index in [1.54, 1.807) is 0 Å². The van der Waals surface area contributed by atoms with E-state index in [-0.39, 0.29) is 0 Å². The van der Waals surface area contributed by atoms with Crippen molar-refractivity contribution in [1.29, 1.82) is 0 Å². The lowest BCUT2D eigenvalue weighted by Crippen LogP contribution is -2.35. The molecular formula is C14H27F3N2. The van der Waals surface area contributed by atoms with Crippen LogP contribution < -0.4 is 5.32 Å². The molecule has 2 atom stereocenters. The molecule has 2 nitrogen and oxygen atoms in total. The third-order valence-electron chi connectivity index (χ3n) is 3.70. The number of hydrogen-bond donors (Lipinski definition) is 1. The summed E-state index contributed by atoms with van der Waals surface area (Å²) in [4.78, 5) is 1.52. The normalized spacial score (nSPS) is 23.2. The SMILES string of the molecule is CC(C)CCC(C)NCC1CCN(CC(F)(F)F)C1. The minimum absolute atomic E-state index is 0.365. The highest BCUT2D eigenvalue weighted by atomic mass is 19.4. The molecule has 0 amide bonds. The predicted molar refractivity (Wildman–Crippen MR) is 72.1 cm³/mol. The Labute approximate surface area is 114 Å². The van der Waals surface area contributed by atoms with Crippen molar-refractivity contribution in [1.82, 2.24) is 10.2 Å². The largest absolute Gasteiger partial charge is 0.401 e. The molecule has 0 spiro atoms. The second kappa shape index (κ2) is 7.48. The van der Waals surface area contributed by atoms with Gasteiger partial charge in [0.2, 0.25) is 0 Å². The molecule has 1 heterocycles. The fourth-order valence-electron chi connectivity index (χ4n) is 2.53. The Morgan fingerprint density at radius 1 is 1.21 bits per heavy atom. The van der Waals surface area contributed by atoms with E-state index in [0.29, 0.717) is 31.0 Å². The minimum Gasteiger partial charge on any atom is -0.314 e. The number of likely N-dealkylation sites (tertiary alicyclic amines) is 1. The second-order valence-electron chi connectivity index (χ2n) is 6.29. The van der Waals surface area contributed by atoms with Crippen molar-refractivity contribution in [3.8, 4) is 0 Å². The maximum atomic E-state index is 12.3. The van der Waals surface area contributed by atoms with Crippen LogP contribution in [-0.4, -0.2) is 43.3 Å². The molecule has 0 radical (unpaired) electrons. The molecule has 1 aliphatic heterocycles. The number of nitrogens with one attached hydrogen (secondary N) is 1. The van der Waals surface area contributed by atoms with Crippen molar-refractivity contribution in [2.24, 2.45) is 11.8 Å². The molecule has 0 aromatic rings. The smallest absolute Gasteiger partial charge is 0.314 e. The number of hydrogen-bond acceptors (Lipinski definition) is 2. The fraction of sp³-hybridized carbons (Fsp3) is 1.00. The van der Waals surface area contributed by atoms with Gasteiger partial charge < -0.3 is 5.32 Å². The summed E-state index contributed by atoms with van der Waals surface area (Å²) in [6, 6.07) is 0.457. The Morgan fingerprint density at radius 3 is 2.47 bits per heavy atom. The van der Waals surface area contributed by atoms with Crippen molar-refractivity contribution in [3.63, 3.8) is 0 Å². The molecule has 1 saturated heterocycles. The molecule has 1 fully saturated rings. The number of nitrogens with zero attached hydrogens (tertiary/aromatic N) is 1. The lowest BCUT2D eigenvalue weighted by molar-refractivity contribution is -0.143. The third-order valence-corrected chi connectivity index (χ3v) is 3.70. The van der Waals surface area contributed by atoms with Crippen LogP contribution >= 0.6 is 0 Å². The van der Waals surface area contributed by atoms with Crippen molar-refractivity contribution < 1.29 is 13.2 Å². The third kappa shape index (κ3) is 7.78. The van der Waals surface area contributed by atoms with Crippen LogP contribution in [0, 0.1) is 11.8 Å². The van der Waals surface area contributed by atoms with Crippen LogP contribution in [0.2, 0.25) is 0 Å². The van der Waals surface area contributed by atoms with Crippen molar-refractivity contribution >= 4 is 0 Å². The van der Waals surface area contributed by atoms with E-state index < -0.39 is 12.7 Å². The molecule has 1 aliphatic rings. The highest BCUT2D eigenvalue weighted by Crippen LogP contribution is 2.22. The van der Waals surface area contributed by atoms with Gasteiger partial charge in [-0.3, -0.25) is 4.90 Å². The number of alkyl halides is 3. The highest BCUT2D eigenvalue weighted by molar-refractivity contribution is 4.79. The summed E-state index contributed by atoms with van der Waals surface area (Å²) >= 11 is 0. The zero-order valence-electron chi connectivity index (χ0n) is 12.3. The average Bonchev–Trinajstić information content (AvgIpc) is 2.68. The molecule has 0 saturated carbocycles.